The number of para-hydroxylation sites is 1. The van der Waals surface area contributed by atoms with Gasteiger partial charge in [-0.2, -0.15) is 0 Å². The van der Waals surface area contributed by atoms with Crippen LogP contribution < -0.4 is 5.32 Å². The number of nitrogens with one attached hydrogen (secondary N) is 1. The van der Waals surface area contributed by atoms with Crippen molar-refractivity contribution in [2.24, 2.45) is 0 Å². The molecular weight excluding hydrogens is 378 g/mol. The van der Waals surface area contributed by atoms with E-state index >= 15 is 0 Å². The lowest BCUT2D eigenvalue weighted by Crippen LogP contribution is -2.04. The first-order valence-electron chi connectivity index (χ1n) is 7.76. The molecule has 0 amide bonds. The molecule has 0 aromatic heterocycles. The largest absolute Gasteiger partial charge is 0.505 e. The molecule has 0 unspecified atom stereocenters. The van der Waals surface area contributed by atoms with Gasteiger partial charge in [-0.15, -0.1) is 0 Å². The van der Waals surface area contributed by atoms with E-state index in [-0.39, 0.29) is 11.5 Å². The molecule has 0 aliphatic heterocycles. The summed E-state index contributed by atoms with van der Waals surface area (Å²) in [4.78, 5) is 12.6. The van der Waals surface area contributed by atoms with Gasteiger partial charge in [0.15, 0.2) is 11.5 Å². The van der Waals surface area contributed by atoms with Crippen molar-refractivity contribution in [1.29, 1.82) is 0 Å². The van der Waals surface area contributed by atoms with Gasteiger partial charge in [0.1, 0.15) is 0 Å². The molecule has 0 radical (unpaired) electrons. The average Bonchev–Trinajstić information content (AvgIpc) is 2.66. The number of rotatable bonds is 5. The fraction of sp³-hybridized carbons (Fsp3) is 0. The summed E-state index contributed by atoms with van der Waals surface area (Å²) in [5.74, 6) is -0.0158. The third-order valence-electron chi connectivity index (χ3n) is 3.67. The predicted octanol–water partition coefficient (Wildman–Crippen LogP) is 5.49. The minimum absolute atomic E-state index is 0.0940. The minimum Gasteiger partial charge on any atom is -0.505 e. The maximum atomic E-state index is 12.6. The van der Waals surface area contributed by atoms with Crippen molar-refractivity contribution in [3.05, 3.63) is 101 Å². The van der Waals surface area contributed by atoms with Crippen LogP contribution in [0.25, 0.3) is 5.70 Å². The van der Waals surface area contributed by atoms with E-state index in [2.05, 4.69) is 21.2 Å². The van der Waals surface area contributed by atoms with E-state index in [0.29, 0.717) is 21.4 Å². The van der Waals surface area contributed by atoms with Crippen LogP contribution in [-0.2, 0) is 0 Å². The lowest BCUT2D eigenvalue weighted by atomic mass is 10.1. The molecule has 2 N–H and O–H groups in total. The summed E-state index contributed by atoms with van der Waals surface area (Å²) >= 11 is 3.30. The van der Waals surface area contributed by atoms with Crippen molar-refractivity contribution in [2.45, 2.75) is 0 Å². The molecule has 0 atom stereocenters. The number of hydrogen-bond donors (Lipinski definition) is 2. The number of aromatic hydroxyl groups is 1. The van der Waals surface area contributed by atoms with Crippen molar-refractivity contribution in [2.75, 3.05) is 5.32 Å². The smallest absolute Gasteiger partial charge is 0.187 e. The van der Waals surface area contributed by atoms with Gasteiger partial charge in [0.05, 0.1) is 10.2 Å². The highest BCUT2D eigenvalue weighted by atomic mass is 79.9. The Kier molecular flexibility index (Phi) is 5.31. The van der Waals surface area contributed by atoms with Crippen LogP contribution in [0.5, 0.6) is 5.75 Å². The van der Waals surface area contributed by atoms with Gasteiger partial charge >= 0.3 is 0 Å². The molecule has 4 heteroatoms. The van der Waals surface area contributed by atoms with E-state index in [4.69, 9.17) is 0 Å². The molecular formula is C21H16BrNO2. The third kappa shape index (κ3) is 4.17. The Morgan fingerprint density at radius 3 is 2.08 bits per heavy atom. The van der Waals surface area contributed by atoms with Crippen LogP contribution in [0.4, 0.5) is 5.69 Å². The molecule has 0 heterocycles. The van der Waals surface area contributed by atoms with Crippen LogP contribution in [-0.4, -0.2) is 10.9 Å². The Balaban J connectivity index is 2.00. The SMILES string of the molecule is O=C(/C=C(\Nc1cccc(Br)c1O)c1ccccc1)c1ccccc1. The number of anilines is 1. The Bertz CT molecular complexity index is 906. The van der Waals surface area contributed by atoms with Crippen molar-refractivity contribution in [1.82, 2.24) is 0 Å². The fourth-order valence-electron chi connectivity index (χ4n) is 2.39. The zero-order valence-corrected chi connectivity index (χ0v) is 14.9. The number of carbonyl (C=O) groups is 1. The number of halogens is 1. The quantitative estimate of drug-likeness (QED) is 0.342. The summed E-state index contributed by atoms with van der Waals surface area (Å²) in [6.45, 7) is 0. The minimum atomic E-state index is -0.110. The molecule has 0 saturated heterocycles. The predicted molar refractivity (Wildman–Crippen MR) is 105 cm³/mol. The van der Waals surface area contributed by atoms with Crippen molar-refractivity contribution in [3.63, 3.8) is 0 Å². The van der Waals surface area contributed by atoms with Gasteiger partial charge in [0.25, 0.3) is 0 Å². The fourth-order valence-corrected chi connectivity index (χ4v) is 2.75. The van der Waals surface area contributed by atoms with Crippen LogP contribution in [0.3, 0.4) is 0 Å². The van der Waals surface area contributed by atoms with Crippen molar-refractivity contribution >= 4 is 33.1 Å². The van der Waals surface area contributed by atoms with E-state index < -0.39 is 0 Å². The molecule has 3 aromatic rings. The summed E-state index contributed by atoms with van der Waals surface area (Å²) in [5, 5.41) is 13.4. The van der Waals surface area contributed by atoms with E-state index in [1.807, 2.05) is 54.6 Å². The standard InChI is InChI=1S/C21H16BrNO2/c22-17-12-7-13-18(21(17)25)23-19(15-8-3-1-4-9-15)14-20(24)16-10-5-2-6-11-16/h1-14,23,25H/b19-14-. The van der Waals surface area contributed by atoms with Crippen molar-refractivity contribution < 1.29 is 9.90 Å². The van der Waals surface area contributed by atoms with E-state index in [1.165, 1.54) is 0 Å². The lowest BCUT2D eigenvalue weighted by Gasteiger charge is -2.13. The Morgan fingerprint density at radius 1 is 0.840 bits per heavy atom. The normalized spacial score (nSPS) is 11.2. The van der Waals surface area contributed by atoms with E-state index in [1.54, 1.807) is 30.3 Å². The molecule has 3 nitrogen and oxygen atoms in total. The first-order chi connectivity index (χ1) is 12.1. The average molecular weight is 394 g/mol. The first-order valence-corrected chi connectivity index (χ1v) is 8.55. The molecule has 0 saturated carbocycles. The zero-order valence-electron chi connectivity index (χ0n) is 13.3. The van der Waals surface area contributed by atoms with Gasteiger partial charge in [-0.25, -0.2) is 0 Å². The number of carbonyl (C=O) groups excluding carboxylic acids is 1. The number of ketones is 1. The second-order valence-corrected chi connectivity index (χ2v) is 6.27. The highest BCUT2D eigenvalue weighted by molar-refractivity contribution is 9.10. The second kappa shape index (κ2) is 7.81. The summed E-state index contributed by atoms with van der Waals surface area (Å²) in [5.41, 5.74) is 2.59. The molecule has 25 heavy (non-hydrogen) atoms. The second-order valence-electron chi connectivity index (χ2n) is 5.42. The summed E-state index contributed by atoms with van der Waals surface area (Å²) in [6.07, 6.45) is 1.55. The molecule has 0 bridgehead atoms. The zero-order chi connectivity index (χ0) is 17.6. The first kappa shape index (κ1) is 17.0. The van der Waals surface area contributed by atoms with E-state index in [9.17, 15) is 9.90 Å². The number of allylic oxidation sites excluding steroid dienone is 1. The van der Waals surface area contributed by atoms with Crippen LogP contribution in [0.2, 0.25) is 0 Å². The van der Waals surface area contributed by atoms with Gasteiger partial charge in [-0.1, -0.05) is 66.7 Å². The lowest BCUT2D eigenvalue weighted by molar-refractivity contribution is 0.104. The Hall–Kier alpha value is -2.85. The molecule has 3 aromatic carbocycles. The highest BCUT2D eigenvalue weighted by Crippen LogP contribution is 2.33. The van der Waals surface area contributed by atoms with Gasteiger partial charge in [-0.05, 0) is 33.6 Å². The molecule has 124 valence electrons. The van der Waals surface area contributed by atoms with Crippen LogP contribution in [0.1, 0.15) is 15.9 Å². The Labute approximate surface area is 154 Å². The summed E-state index contributed by atoms with van der Waals surface area (Å²) < 4.78 is 0.583. The van der Waals surface area contributed by atoms with Crippen molar-refractivity contribution in [3.8, 4) is 5.75 Å². The van der Waals surface area contributed by atoms with Gasteiger partial charge in [0, 0.05) is 17.3 Å². The van der Waals surface area contributed by atoms with Crippen LogP contribution in [0.15, 0.2) is 89.4 Å². The molecule has 0 aliphatic carbocycles. The van der Waals surface area contributed by atoms with Gasteiger partial charge in [-0.3, -0.25) is 4.79 Å². The highest BCUT2D eigenvalue weighted by Gasteiger charge is 2.10. The maximum Gasteiger partial charge on any atom is 0.187 e. The maximum absolute atomic E-state index is 12.6. The van der Waals surface area contributed by atoms with Crippen LogP contribution in [0, 0.1) is 0 Å². The summed E-state index contributed by atoms with van der Waals surface area (Å²) in [7, 11) is 0. The third-order valence-corrected chi connectivity index (χ3v) is 4.31. The molecule has 0 spiro atoms. The number of phenols is 1. The van der Waals surface area contributed by atoms with Crippen LogP contribution >= 0.6 is 15.9 Å². The summed E-state index contributed by atoms with van der Waals surface area (Å²) in [6, 6.07) is 23.9. The molecule has 3 rings (SSSR count). The monoisotopic (exact) mass is 393 g/mol. The molecule has 0 fully saturated rings. The Morgan fingerprint density at radius 2 is 1.44 bits per heavy atom. The van der Waals surface area contributed by atoms with E-state index in [0.717, 1.165) is 5.56 Å². The van der Waals surface area contributed by atoms with Gasteiger partial charge < -0.3 is 10.4 Å². The van der Waals surface area contributed by atoms with Gasteiger partial charge in [0.2, 0.25) is 0 Å². The molecule has 0 aliphatic rings. The number of hydrogen-bond acceptors (Lipinski definition) is 3. The topological polar surface area (TPSA) is 49.3 Å². The number of phenolic OH excluding ortho intramolecular Hbond substituents is 1. The number of benzene rings is 3.